The first-order valence-electron chi connectivity index (χ1n) is 14.4. The van der Waals surface area contributed by atoms with Crippen molar-refractivity contribution in [1.82, 2.24) is 0 Å². The van der Waals surface area contributed by atoms with Crippen molar-refractivity contribution in [3.63, 3.8) is 0 Å². The molecule has 0 heterocycles. The molecule has 0 aliphatic heterocycles. The Bertz CT molecular complexity index is 1090. The van der Waals surface area contributed by atoms with E-state index in [-0.39, 0.29) is 17.1 Å². The molecular weight excluding hydrogens is 528 g/mol. The zero-order valence-corrected chi connectivity index (χ0v) is 27.5. The first-order valence-corrected chi connectivity index (χ1v) is 14.8. The van der Waals surface area contributed by atoms with Crippen LogP contribution in [-0.2, 0) is 29.7 Å². The van der Waals surface area contributed by atoms with Crippen LogP contribution >= 0.6 is 0 Å². The van der Waals surface area contributed by atoms with Gasteiger partial charge in [-0.3, -0.25) is 0 Å². The van der Waals surface area contributed by atoms with Gasteiger partial charge < -0.3 is 12.6 Å². The minimum absolute atomic E-state index is 0. The molecule has 0 atom stereocenters. The normalized spacial score (nSPS) is 11.9. The summed E-state index contributed by atoms with van der Waals surface area (Å²) in [7, 11) is 0. The molecule has 210 valence electrons. The van der Waals surface area contributed by atoms with E-state index >= 15 is 0 Å². The van der Waals surface area contributed by atoms with E-state index in [9.17, 15) is 0 Å². The molecule has 0 saturated carbocycles. The van der Waals surface area contributed by atoms with Gasteiger partial charge in [0.25, 0.3) is 0 Å². The van der Waals surface area contributed by atoms with E-state index in [1.165, 1.54) is 55.6 Å². The Labute approximate surface area is 250 Å². The molecule has 0 unspecified atom stereocenters. The molecule has 0 nitrogen and oxygen atoms in total. The van der Waals surface area contributed by atoms with Gasteiger partial charge in [-0.05, 0) is 91.1 Å². The molecule has 0 saturated heterocycles. The maximum Gasteiger partial charge on any atom is 1.00 e. The van der Waals surface area contributed by atoms with E-state index < -0.39 is 0 Å². The molecule has 0 N–H and O–H groups in total. The molecule has 0 bridgehead atoms. The SMILES string of the molecule is CC(C)c1cc(C(C)C)c(-c2cccc(-c3c(C(C)C)cc(C(C)C)cc3C(C)C)c2[S-])c(C(C)C)c1.[Cu+]. The molecule has 0 fully saturated rings. The molecule has 38 heavy (non-hydrogen) atoms. The van der Waals surface area contributed by atoms with Crippen LogP contribution in [0.1, 0.15) is 152 Å². The fourth-order valence-corrected chi connectivity index (χ4v) is 5.80. The van der Waals surface area contributed by atoms with Crippen LogP contribution in [0.2, 0.25) is 0 Å². The zero-order chi connectivity index (χ0) is 27.8. The van der Waals surface area contributed by atoms with Crippen LogP contribution in [-0.4, -0.2) is 0 Å². The number of rotatable bonds is 8. The predicted octanol–water partition coefficient (Wildman–Crippen LogP) is 11.7. The van der Waals surface area contributed by atoms with Gasteiger partial charge in [-0.2, -0.15) is 4.90 Å². The quantitative estimate of drug-likeness (QED) is 0.190. The Morgan fingerprint density at radius 1 is 0.447 bits per heavy atom. The van der Waals surface area contributed by atoms with E-state index in [1.807, 2.05) is 0 Å². The Balaban J connectivity index is 0.00000507. The summed E-state index contributed by atoms with van der Waals surface area (Å²) in [5.74, 6) is 2.69. The van der Waals surface area contributed by atoms with E-state index in [0.29, 0.717) is 35.5 Å². The maximum absolute atomic E-state index is 6.41. The number of benzene rings is 3. The van der Waals surface area contributed by atoms with E-state index in [1.54, 1.807) is 0 Å². The molecule has 3 aromatic rings. The van der Waals surface area contributed by atoms with E-state index in [2.05, 4.69) is 126 Å². The molecule has 2 heteroatoms. The van der Waals surface area contributed by atoms with Crippen LogP contribution in [0.4, 0.5) is 0 Å². The molecule has 0 spiro atoms. The van der Waals surface area contributed by atoms with Crippen LogP contribution < -0.4 is 0 Å². The van der Waals surface area contributed by atoms with Crippen molar-refractivity contribution >= 4 is 12.6 Å². The predicted molar refractivity (Wildman–Crippen MR) is 167 cm³/mol. The monoisotopic (exact) mass is 576 g/mol. The van der Waals surface area contributed by atoms with Gasteiger partial charge >= 0.3 is 17.1 Å². The van der Waals surface area contributed by atoms with Crippen molar-refractivity contribution < 1.29 is 17.1 Å². The van der Waals surface area contributed by atoms with Crippen molar-refractivity contribution in [2.24, 2.45) is 0 Å². The standard InChI is InChI=1S/C36H50S.Cu/c1-20(2)26-16-30(22(5)6)34(31(17-26)23(7)8)28-14-13-15-29(36(28)37)35-32(24(9)10)18-27(21(3)4)19-33(35)25(11)12;/h13-25,37H,1-12H3;/q;+1/p-1. The summed E-state index contributed by atoms with van der Waals surface area (Å²) in [6.45, 7) is 27.7. The van der Waals surface area contributed by atoms with E-state index in [0.717, 1.165) is 4.90 Å². The van der Waals surface area contributed by atoms with Gasteiger partial charge in [-0.1, -0.05) is 126 Å². The molecular formula is C36H49CuS. The van der Waals surface area contributed by atoms with Crippen LogP contribution in [0.5, 0.6) is 0 Å². The Kier molecular flexibility index (Phi) is 11.3. The Morgan fingerprint density at radius 2 is 0.711 bits per heavy atom. The molecule has 3 rings (SSSR count). The van der Waals surface area contributed by atoms with Gasteiger partial charge in [0.2, 0.25) is 0 Å². The van der Waals surface area contributed by atoms with E-state index in [4.69, 9.17) is 12.6 Å². The second-order valence-electron chi connectivity index (χ2n) is 12.8. The molecule has 0 amide bonds. The number of hydrogen-bond donors (Lipinski definition) is 0. The van der Waals surface area contributed by atoms with Gasteiger partial charge in [0.15, 0.2) is 0 Å². The molecule has 0 aliphatic rings. The van der Waals surface area contributed by atoms with Crippen LogP contribution in [0.15, 0.2) is 47.4 Å². The van der Waals surface area contributed by atoms with Crippen LogP contribution in [0.25, 0.3) is 22.3 Å². The third-order valence-electron chi connectivity index (χ3n) is 7.82. The average molecular weight is 577 g/mol. The van der Waals surface area contributed by atoms with Crippen LogP contribution in [0.3, 0.4) is 0 Å². The minimum Gasteiger partial charge on any atom is -0.779 e. The summed E-state index contributed by atoms with van der Waals surface area (Å²) in [6.07, 6.45) is 0. The average Bonchev–Trinajstić information content (AvgIpc) is 2.82. The fourth-order valence-electron chi connectivity index (χ4n) is 5.46. The summed E-state index contributed by atoms with van der Waals surface area (Å²) >= 11 is 6.41. The van der Waals surface area contributed by atoms with Crippen molar-refractivity contribution in [2.75, 3.05) is 0 Å². The summed E-state index contributed by atoms with van der Waals surface area (Å²) in [6, 6.07) is 16.5. The summed E-state index contributed by atoms with van der Waals surface area (Å²) in [4.78, 5) is 0.990. The van der Waals surface area contributed by atoms with Gasteiger partial charge in [-0.25, -0.2) is 0 Å². The van der Waals surface area contributed by atoms with Crippen molar-refractivity contribution in [3.8, 4) is 22.3 Å². The van der Waals surface area contributed by atoms with Crippen molar-refractivity contribution in [2.45, 2.75) is 123 Å². The van der Waals surface area contributed by atoms with Crippen LogP contribution in [0, 0.1) is 0 Å². The second-order valence-corrected chi connectivity index (χ2v) is 13.2. The largest absolute Gasteiger partial charge is 1.00 e. The van der Waals surface area contributed by atoms with Gasteiger partial charge in [0.1, 0.15) is 0 Å². The third-order valence-corrected chi connectivity index (χ3v) is 8.26. The topological polar surface area (TPSA) is 0 Å². The smallest absolute Gasteiger partial charge is 0.779 e. The first kappa shape index (κ1) is 32.6. The van der Waals surface area contributed by atoms with Crippen molar-refractivity contribution in [1.29, 1.82) is 0 Å². The second kappa shape index (κ2) is 13.2. The summed E-state index contributed by atoms with van der Waals surface area (Å²) in [5, 5.41) is 0. The summed E-state index contributed by atoms with van der Waals surface area (Å²) in [5.41, 5.74) is 13.7. The molecule has 0 aliphatic carbocycles. The third kappa shape index (κ3) is 6.57. The molecule has 3 aromatic carbocycles. The number of hydrogen-bond acceptors (Lipinski definition) is 1. The first-order chi connectivity index (χ1) is 17.3. The summed E-state index contributed by atoms with van der Waals surface area (Å²) < 4.78 is 0. The Morgan fingerprint density at radius 3 is 0.921 bits per heavy atom. The van der Waals surface area contributed by atoms with Gasteiger partial charge in [-0.15, -0.1) is 0 Å². The fraction of sp³-hybridized carbons (Fsp3) is 0.500. The zero-order valence-electron chi connectivity index (χ0n) is 25.7. The Hall–Kier alpha value is -1.60. The van der Waals surface area contributed by atoms with Gasteiger partial charge in [0.05, 0.1) is 0 Å². The van der Waals surface area contributed by atoms with Gasteiger partial charge in [0, 0.05) is 0 Å². The minimum atomic E-state index is 0. The molecule has 0 aromatic heterocycles. The molecule has 0 radical (unpaired) electrons. The maximum atomic E-state index is 6.41. The van der Waals surface area contributed by atoms with Crippen molar-refractivity contribution in [3.05, 3.63) is 75.8 Å².